The van der Waals surface area contributed by atoms with E-state index in [4.69, 9.17) is 13.9 Å². The Morgan fingerprint density at radius 1 is 0.833 bits per heavy atom. The maximum atomic E-state index is 12.5. The summed E-state index contributed by atoms with van der Waals surface area (Å²) in [5.74, 6) is -0.832. The van der Waals surface area contributed by atoms with Crippen LogP contribution in [0.15, 0.2) is 101 Å². The summed E-state index contributed by atoms with van der Waals surface area (Å²) >= 11 is 0. The van der Waals surface area contributed by atoms with E-state index in [2.05, 4.69) is 15.8 Å². The van der Waals surface area contributed by atoms with Crippen LogP contribution in [0.25, 0.3) is 0 Å². The number of esters is 1. The third-order valence-corrected chi connectivity index (χ3v) is 4.91. The number of rotatable bonds is 8. The van der Waals surface area contributed by atoms with Crippen LogP contribution in [-0.2, 0) is 0 Å². The number of carbonyl (C=O) groups is 3. The molecule has 4 aromatic rings. The lowest BCUT2D eigenvalue weighted by molar-refractivity contribution is 0.0696. The second-order valence-electron chi connectivity index (χ2n) is 7.38. The van der Waals surface area contributed by atoms with Crippen molar-refractivity contribution in [2.24, 2.45) is 5.10 Å². The lowest BCUT2D eigenvalue weighted by Gasteiger charge is -2.09. The number of nitrogens with one attached hydrogen (secondary N) is 2. The van der Waals surface area contributed by atoms with Gasteiger partial charge in [-0.2, -0.15) is 5.10 Å². The summed E-state index contributed by atoms with van der Waals surface area (Å²) in [4.78, 5) is 37.0. The number of hydrogen-bond donors (Lipinski definition) is 2. The number of methoxy groups -OCH3 is 1. The summed E-state index contributed by atoms with van der Waals surface area (Å²) in [6.45, 7) is 0. The first kappa shape index (κ1) is 24.0. The zero-order valence-corrected chi connectivity index (χ0v) is 19.1. The average molecular weight is 483 g/mol. The lowest BCUT2D eigenvalue weighted by atomic mass is 10.1. The van der Waals surface area contributed by atoms with Crippen molar-refractivity contribution >= 4 is 29.7 Å². The summed E-state index contributed by atoms with van der Waals surface area (Å²) < 4.78 is 15.6. The average Bonchev–Trinajstić information content (AvgIpc) is 3.45. The summed E-state index contributed by atoms with van der Waals surface area (Å²) in [5, 5.41) is 6.74. The van der Waals surface area contributed by atoms with Gasteiger partial charge in [0.05, 0.1) is 19.6 Å². The van der Waals surface area contributed by atoms with Gasteiger partial charge in [-0.15, -0.1) is 0 Å². The van der Waals surface area contributed by atoms with Crippen molar-refractivity contribution in [1.29, 1.82) is 0 Å². The molecule has 1 aromatic heterocycles. The van der Waals surface area contributed by atoms with Crippen LogP contribution in [0.4, 0.5) is 5.69 Å². The summed E-state index contributed by atoms with van der Waals surface area (Å²) in [6, 6.07) is 23.1. The predicted molar refractivity (Wildman–Crippen MR) is 133 cm³/mol. The smallest absolute Gasteiger partial charge is 0.379 e. The highest BCUT2D eigenvalue weighted by molar-refractivity contribution is 6.05. The van der Waals surface area contributed by atoms with Gasteiger partial charge in [0.1, 0.15) is 0 Å². The fourth-order valence-corrected chi connectivity index (χ4v) is 3.15. The van der Waals surface area contributed by atoms with Gasteiger partial charge in [0.25, 0.3) is 11.8 Å². The number of amides is 2. The molecule has 0 unspecified atom stereocenters. The van der Waals surface area contributed by atoms with Gasteiger partial charge in [-0.3, -0.25) is 9.59 Å². The number of furan rings is 1. The van der Waals surface area contributed by atoms with Crippen LogP contribution < -0.4 is 20.2 Å². The van der Waals surface area contributed by atoms with Crippen molar-refractivity contribution in [3.63, 3.8) is 0 Å². The second kappa shape index (κ2) is 11.3. The molecule has 4 rings (SSSR count). The van der Waals surface area contributed by atoms with Gasteiger partial charge in [0.2, 0.25) is 5.76 Å². The molecule has 0 fully saturated rings. The molecule has 3 aromatic carbocycles. The van der Waals surface area contributed by atoms with Crippen LogP contribution >= 0.6 is 0 Å². The van der Waals surface area contributed by atoms with Crippen LogP contribution in [-0.4, -0.2) is 31.1 Å². The fourth-order valence-electron chi connectivity index (χ4n) is 3.15. The van der Waals surface area contributed by atoms with E-state index in [0.29, 0.717) is 28.1 Å². The largest absolute Gasteiger partial charge is 0.493 e. The molecular weight excluding hydrogens is 462 g/mol. The molecule has 180 valence electrons. The molecule has 0 saturated carbocycles. The lowest BCUT2D eigenvalue weighted by Crippen LogP contribution is -2.18. The molecule has 9 nitrogen and oxygen atoms in total. The number of nitrogens with zero attached hydrogens (tertiary/aromatic N) is 1. The van der Waals surface area contributed by atoms with Crippen molar-refractivity contribution in [3.8, 4) is 11.5 Å². The van der Waals surface area contributed by atoms with Gasteiger partial charge in [-0.1, -0.05) is 24.3 Å². The van der Waals surface area contributed by atoms with Crippen LogP contribution in [0.3, 0.4) is 0 Å². The Kier molecular flexibility index (Phi) is 7.52. The van der Waals surface area contributed by atoms with Gasteiger partial charge >= 0.3 is 5.97 Å². The van der Waals surface area contributed by atoms with Gasteiger partial charge < -0.3 is 19.2 Å². The zero-order chi connectivity index (χ0) is 25.3. The van der Waals surface area contributed by atoms with E-state index in [1.165, 1.54) is 25.7 Å². The maximum absolute atomic E-state index is 12.5. The van der Waals surface area contributed by atoms with E-state index in [-0.39, 0.29) is 17.4 Å². The third kappa shape index (κ3) is 6.03. The van der Waals surface area contributed by atoms with Gasteiger partial charge in [-0.25, -0.2) is 10.2 Å². The van der Waals surface area contributed by atoms with Crippen LogP contribution in [0.2, 0.25) is 0 Å². The Labute approximate surface area is 206 Å². The van der Waals surface area contributed by atoms with Gasteiger partial charge in [0.15, 0.2) is 11.5 Å². The molecule has 0 bridgehead atoms. The van der Waals surface area contributed by atoms with Crippen molar-refractivity contribution in [2.75, 3.05) is 12.4 Å². The molecule has 0 atom stereocenters. The first-order valence-corrected chi connectivity index (χ1v) is 10.8. The number of carbonyl (C=O) groups excluding carboxylic acids is 3. The maximum Gasteiger partial charge on any atom is 0.379 e. The van der Waals surface area contributed by atoms with Crippen molar-refractivity contribution in [2.45, 2.75) is 0 Å². The molecular formula is C27H21N3O6. The molecule has 0 spiro atoms. The fraction of sp³-hybridized carbons (Fsp3) is 0.0370. The van der Waals surface area contributed by atoms with Crippen LogP contribution in [0.5, 0.6) is 11.5 Å². The standard InChI is InChI=1S/C27H21N3O6/c1-34-24-15-18(12-13-22(24)36-27(33)23-11-6-14-35-23)17-28-30-26(32)20-9-5-10-21(16-20)29-25(31)19-7-3-2-4-8-19/h2-17H,1H3,(H,29,31)(H,30,32). The first-order valence-electron chi connectivity index (χ1n) is 10.8. The first-order chi connectivity index (χ1) is 17.5. The number of anilines is 1. The quantitative estimate of drug-likeness (QED) is 0.165. The highest BCUT2D eigenvalue weighted by Crippen LogP contribution is 2.28. The number of hydrazone groups is 1. The van der Waals surface area contributed by atoms with Gasteiger partial charge in [-0.05, 0) is 66.2 Å². The molecule has 0 radical (unpaired) electrons. The van der Waals surface area contributed by atoms with Gasteiger partial charge in [0, 0.05) is 16.8 Å². The van der Waals surface area contributed by atoms with E-state index in [0.717, 1.165) is 0 Å². The highest BCUT2D eigenvalue weighted by atomic mass is 16.6. The molecule has 9 heteroatoms. The summed E-state index contributed by atoms with van der Waals surface area (Å²) in [6.07, 6.45) is 2.79. The van der Waals surface area contributed by atoms with Crippen molar-refractivity contribution < 1.29 is 28.3 Å². The Hall–Kier alpha value is -5.18. The minimum atomic E-state index is -0.658. The normalized spacial score (nSPS) is 10.6. The van der Waals surface area contributed by atoms with E-state index in [1.807, 2.05) is 6.07 Å². The third-order valence-electron chi connectivity index (χ3n) is 4.91. The second-order valence-corrected chi connectivity index (χ2v) is 7.38. The van der Waals surface area contributed by atoms with Crippen LogP contribution in [0, 0.1) is 0 Å². The van der Waals surface area contributed by atoms with Crippen LogP contribution in [0.1, 0.15) is 36.8 Å². The molecule has 0 aliphatic rings. The molecule has 1 heterocycles. The molecule has 2 amide bonds. The Balaban J connectivity index is 1.37. The molecule has 2 N–H and O–H groups in total. The molecule has 0 aliphatic carbocycles. The Morgan fingerprint density at radius 2 is 1.64 bits per heavy atom. The summed E-state index contributed by atoms with van der Waals surface area (Å²) in [5.41, 5.74) is 4.33. The number of benzene rings is 3. The molecule has 0 aliphatic heterocycles. The predicted octanol–water partition coefficient (Wildman–Crippen LogP) is 4.52. The minimum absolute atomic E-state index is 0.0640. The zero-order valence-electron chi connectivity index (χ0n) is 19.1. The van der Waals surface area contributed by atoms with E-state index in [9.17, 15) is 14.4 Å². The molecule has 0 saturated heterocycles. The number of ether oxygens (including phenoxy) is 2. The number of hydrogen-bond acceptors (Lipinski definition) is 7. The van der Waals surface area contributed by atoms with E-state index in [1.54, 1.807) is 72.8 Å². The van der Waals surface area contributed by atoms with Crippen molar-refractivity contribution in [1.82, 2.24) is 5.43 Å². The molecule has 36 heavy (non-hydrogen) atoms. The van der Waals surface area contributed by atoms with E-state index >= 15 is 0 Å². The Bertz CT molecular complexity index is 1400. The highest BCUT2D eigenvalue weighted by Gasteiger charge is 2.15. The SMILES string of the molecule is COc1cc(C=NNC(=O)c2cccc(NC(=O)c3ccccc3)c2)ccc1OC(=O)c1ccco1. The monoisotopic (exact) mass is 483 g/mol. The summed E-state index contributed by atoms with van der Waals surface area (Å²) in [7, 11) is 1.44. The Morgan fingerprint density at radius 3 is 2.39 bits per heavy atom. The van der Waals surface area contributed by atoms with E-state index < -0.39 is 11.9 Å². The van der Waals surface area contributed by atoms with Crippen molar-refractivity contribution in [3.05, 3.63) is 114 Å². The topological polar surface area (TPSA) is 119 Å². The minimum Gasteiger partial charge on any atom is -0.493 e.